The maximum absolute atomic E-state index is 11.9. The minimum atomic E-state index is -2.19. The van der Waals surface area contributed by atoms with Crippen LogP contribution in [-0.4, -0.2) is 97.5 Å². The molecule has 4 unspecified atom stereocenters. The molecule has 4 aliphatic heterocycles. The molecular formula is C26H46N4O8. The zero-order valence-corrected chi connectivity index (χ0v) is 23.7. The normalized spacial score (nSPS) is 26.5. The van der Waals surface area contributed by atoms with Crippen LogP contribution >= 0.6 is 0 Å². The van der Waals surface area contributed by atoms with E-state index in [1.54, 1.807) is 0 Å². The quantitative estimate of drug-likeness (QED) is 0.313. The van der Waals surface area contributed by atoms with E-state index in [9.17, 15) is 9.59 Å². The van der Waals surface area contributed by atoms with Crippen LogP contribution in [0.1, 0.15) is 54.4 Å². The van der Waals surface area contributed by atoms with E-state index in [1.807, 2.05) is 51.3 Å². The van der Waals surface area contributed by atoms with Gasteiger partial charge in [-0.15, -0.1) is 0 Å². The average Bonchev–Trinajstić information content (AvgIpc) is 3.45. The number of rotatable bonds is 0. The number of piperidine rings is 2. The summed E-state index contributed by atoms with van der Waals surface area (Å²) >= 11 is 0. The number of likely N-dealkylation sites (tertiary alicyclic amines) is 2. The second-order valence-corrected chi connectivity index (χ2v) is 12.6. The van der Waals surface area contributed by atoms with E-state index in [0.29, 0.717) is 11.8 Å². The Labute approximate surface area is 225 Å². The highest BCUT2D eigenvalue weighted by Gasteiger charge is 2.39. The van der Waals surface area contributed by atoms with Crippen LogP contribution in [0.2, 0.25) is 0 Å². The summed E-state index contributed by atoms with van der Waals surface area (Å²) in [5.74, 6) is -1.37. The number of nitrogens with two attached hydrogens (primary N) is 2. The standard InChI is InChI=1S/2C12H22N2O2.C2H2O4/c2*1-12(2,3)16-11(15)14-5-4-9-6-13-7-10(9)8-14;3-1(4)2(5)6/h2*9-10,13H,4-8H2,1-3H3;(H,3,4)(H,5,6). The van der Waals surface area contributed by atoms with Crippen molar-refractivity contribution in [3.05, 3.63) is 0 Å². The lowest BCUT2D eigenvalue weighted by Crippen LogP contribution is -2.81. The van der Waals surface area contributed by atoms with Crippen LogP contribution in [0.3, 0.4) is 0 Å². The highest BCUT2D eigenvalue weighted by molar-refractivity contribution is 6.25. The van der Waals surface area contributed by atoms with Gasteiger partial charge in [0.15, 0.2) is 0 Å². The van der Waals surface area contributed by atoms with Gasteiger partial charge in [0.25, 0.3) is 0 Å². The molecule has 0 aliphatic carbocycles. The smallest absolute Gasteiger partial charge is 0.410 e. The number of fused-ring (bicyclic) bond motifs is 2. The van der Waals surface area contributed by atoms with Gasteiger partial charge in [0.2, 0.25) is 0 Å². The fraction of sp³-hybridized carbons (Fsp3) is 0.846. The minimum absolute atomic E-state index is 0.141. The SMILES string of the molecule is CC(C)(C)OC(=O)N1CCC2C[NH2+]CC2C1.CC(C)(C)OC(=O)N1CCC2C[NH2+]CC2C1.O=C([O-])C(=O)[O-]. The van der Waals surface area contributed by atoms with Crippen molar-refractivity contribution < 1.29 is 49.5 Å². The number of aliphatic carboxylic acids is 2. The molecule has 38 heavy (non-hydrogen) atoms. The largest absolute Gasteiger partial charge is 0.543 e. The van der Waals surface area contributed by atoms with Crippen molar-refractivity contribution in [2.45, 2.75) is 65.6 Å². The van der Waals surface area contributed by atoms with Gasteiger partial charge in [0.05, 0.1) is 38.1 Å². The third-order valence-electron chi connectivity index (χ3n) is 7.13. The molecule has 0 saturated carbocycles. The van der Waals surface area contributed by atoms with Gasteiger partial charge in [-0.05, 0) is 54.4 Å². The summed E-state index contributed by atoms with van der Waals surface area (Å²) in [6, 6.07) is 0. The Morgan fingerprint density at radius 1 is 0.632 bits per heavy atom. The molecule has 2 amide bonds. The monoisotopic (exact) mass is 542 g/mol. The Morgan fingerprint density at radius 2 is 0.947 bits per heavy atom. The Hall–Kier alpha value is -2.60. The van der Waals surface area contributed by atoms with E-state index < -0.39 is 11.9 Å². The van der Waals surface area contributed by atoms with Crippen molar-refractivity contribution in [3.8, 4) is 0 Å². The predicted octanol–water partition coefficient (Wildman–Crippen LogP) is -2.64. The predicted molar refractivity (Wildman–Crippen MR) is 132 cm³/mol. The lowest BCUT2D eigenvalue weighted by molar-refractivity contribution is -0.640. The lowest BCUT2D eigenvalue weighted by atomic mass is 9.89. The maximum Gasteiger partial charge on any atom is 0.410 e. The molecule has 4 N–H and O–H groups in total. The summed E-state index contributed by atoms with van der Waals surface area (Å²) in [6.07, 6.45) is 2.00. The molecule has 0 bridgehead atoms. The molecule has 0 aromatic rings. The van der Waals surface area contributed by atoms with E-state index in [2.05, 4.69) is 10.6 Å². The summed E-state index contributed by atoms with van der Waals surface area (Å²) in [5, 5.41) is 22.6. The highest BCUT2D eigenvalue weighted by atomic mass is 16.6. The van der Waals surface area contributed by atoms with Crippen LogP contribution < -0.4 is 20.8 Å². The van der Waals surface area contributed by atoms with Gasteiger partial charge in [-0.25, -0.2) is 9.59 Å². The first-order valence-electron chi connectivity index (χ1n) is 13.6. The molecule has 0 spiro atoms. The Bertz CT molecular complexity index is 770. The molecule has 4 aliphatic rings. The number of nitrogens with zero attached hydrogens (tertiary/aromatic N) is 2. The molecule has 0 aromatic heterocycles. The van der Waals surface area contributed by atoms with E-state index in [-0.39, 0.29) is 23.4 Å². The third kappa shape index (κ3) is 10.6. The molecule has 4 heterocycles. The zero-order valence-electron chi connectivity index (χ0n) is 23.7. The van der Waals surface area contributed by atoms with Gasteiger partial charge < -0.3 is 49.7 Å². The summed E-state index contributed by atoms with van der Waals surface area (Å²) in [4.78, 5) is 45.4. The number of carboxylic acid groups (broad SMARTS) is 2. The Balaban J connectivity index is 0.000000221. The molecule has 4 saturated heterocycles. The van der Waals surface area contributed by atoms with Crippen LogP contribution in [0.15, 0.2) is 0 Å². The van der Waals surface area contributed by atoms with Crippen LogP contribution in [0, 0.1) is 23.7 Å². The first kappa shape index (κ1) is 31.6. The van der Waals surface area contributed by atoms with E-state index >= 15 is 0 Å². The number of ether oxygens (including phenoxy) is 2. The highest BCUT2D eigenvalue weighted by Crippen LogP contribution is 2.26. The Morgan fingerprint density at radius 3 is 1.24 bits per heavy atom. The van der Waals surface area contributed by atoms with Crippen LogP contribution in [0.5, 0.6) is 0 Å². The van der Waals surface area contributed by atoms with Crippen LogP contribution in [-0.2, 0) is 19.1 Å². The van der Waals surface area contributed by atoms with Crippen molar-refractivity contribution >= 4 is 24.1 Å². The third-order valence-corrected chi connectivity index (χ3v) is 7.13. The van der Waals surface area contributed by atoms with Crippen molar-refractivity contribution in [2.75, 3.05) is 52.4 Å². The first-order valence-corrected chi connectivity index (χ1v) is 13.6. The molecule has 4 fully saturated rings. The molecule has 0 radical (unpaired) electrons. The molecule has 0 aromatic carbocycles. The number of carboxylic acids is 2. The summed E-state index contributed by atoms with van der Waals surface area (Å²) in [7, 11) is 0. The summed E-state index contributed by atoms with van der Waals surface area (Å²) < 4.78 is 10.8. The summed E-state index contributed by atoms with van der Waals surface area (Å²) in [6.45, 7) is 19.8. The van der Waals surface area contributed by atoms with Crippen molar-refractivity contribution in [3.63, 3.8) is 0 Å². The molecule has 4 rings (SSSR count). The van der Waals surface area contributed by atoms with Gasteiger partial charge in [-0.2, -0.15) is 0 Å². The van der Waals surface area contributed by atoms with Gasteiger partial charge in [-0.3, -0.25) is 0 Å². The number of carbonyl (C=O) groups excluding carboxylic acids is 4. The Kier molecular flexibility index (Phi) is 11.2. The molecule has 12 heteroatoms. The van der Waals surface area contributed by atoms with Gasteiger partial charge in [0, 0.05) is 49.9 Å². The molecule has 4 atom stereocenters. The van der Waals surface area contributed by atoms with Crippen molar-refractivity contribution in [2.24, 2.45) is 23.7 Å². The number of carbonyl (C=O) groups is 4. The van der Waals surface area contributed by atoms with Crippen molar-refractivity contribution in [1.82, 2.24) is 9.80 Å². The van der Waals surface area contributed by atoms with E-state index in [1.165, 1.54) is 26.2 Å². The number of hydrogen-bond acceptors (Lipinski definition) is 8. The molecule has 12 nitrogen and oxygen atoms in total. The van der Waals surface area contributed by atoms with Crippen LogP contribution in [0.25, 0.3) is 0 Å². The maximum atomic E-state index is 11.9. The van der Waals surface area contributed by atoms with E-state index in [0.717, 1.165) is 50.9 Å². The fourth-order valence-electron chi connectivity index (χ4n) is 5.35. The summed E-state index contributed by atoms with van der Waals surface area (Å²) in [5.41, 5.74) is -0.758. The fourth-order valence-corrected chi connectivity index (χ4v) is 5.35. The second kappa shape index (κ2) is 13.5. The second-order valence-electron chi connectivity index (χ2n) is 12.6. The zero-order chi connectivity index (χ0) is 28.7. The van der Waals surface area contributed by atoms with Crippen molar-refractivity contribution in [1.29, 1.82) is 0 Å². The van der Waals surface area contributed by atoms with E-state index in [4.69, 9.17) is 29.3 Å². The van der Waals surface area contributed by atoms with Gasteiger partial charge >= 0.3 is 12.2 Å². The average molecular weight is 543 g/mol. The number of hydrogen-bond donors (Lipinski definition) is 2. The number of quaternary nitrogens is 2. The molecule has 218 valence electrons. The number of amides is 2. The lowest BCUT2D eigenvalue weighted by Gasteiger charge is -2.34. The van der Waals surface area contributed by atoms with Gasteiger partial charge in [0.1, 0.15) is 11.2 Å². The topological polar surface area (TPSA) is 173 Å². The van der Waals surface area contributed by atoms with Crippen LogP contribution in [0.4, 0.5) is 9.59 Å². The van der Waals surface area contributed by atoms with Gasteiger partial charge in [-0.1, -0.05) is 0 Å². The minimum Gasteiger partial charge on any atom is -0.543 e. The molecular weight excluding hydrogens is 496 g/mol. The first-order chi connectivity index (χ1) is 17.6.